The molecule has 0 amide bonds. The summed E-state index contributed by atoms with van der Waals surface area (Å²) in [5.41, 5.74) is 0.666. The lowest BCUT2D eigenvalue weighted by atomic mass is 10.0. The molecule has 2 atom stereocenters. The lowest BCUT2D eigenvalue weighted by Crippen LogP contribution is -2.18. The first kappa shape index (κ1) is 14.9. The Kier molecular flexibility index (Phi) is 5.47. The Morgan fingerprint density at radius 1 is 0.900 bits per heavy atom. The minimum Gasteiger partial charge on any atom is -0.457 e. The normalized spacial score (nSPS) is 13.8. The molecule has 0 spiro atoms. The lowest BCUT2D eigenvalue weighted by molar-refractivity contribution is 0.0172. The van der Waals surface area contributed by atoms with Crippen molar-refractivity contribution in [2.45, 2.75) is 18.6 Å². The summed E-state index contributed by atoms with van der Waals surface area (Å²) in [6, 6.07) is 16.5. The second-order valence-electron chi connectivity index (χ2n) is 4.51. The third-order valence-electron chi connectivity index (χ3n) is 2.99. The van der Waals surface area contributed by atoms with Gasteiger partial charge in [0.1, 0.15) is 17.6 Å². The first-order valence-corrected chi connectivity index (χ1v) is 7.14. The van der Waals surface area contributed by atoms with E-state index in [0.29, 0.717) is 23.5 Å². The first-order valence-electron chi connectivity index (χ1n) is 6.50. The van der Waals surface area contributed by atoms with Crippen LogP contribution in [-0.2, 0) is 0 Å². The summed E-state index contributed by atoms with van der Waals surface area (Å²) in [4.78, 5) is 0. The van der Waals surface area contributed by atoms with Crippen LogP contribution in [0.1, 0.15) is 18.1 Å². The number of aliphatic hydroxyl groups excluding tert-OH is 2. The number of benzene rings is 2. The van der Waals surface area contributed by atoms with Gasteiger partial charge in [-0.25, -0.2) is 0 Å². The van der Waals surface area contributed by atoms with E-state index in [1.807, 2.05) is 30.3 Å². The second-order valence-corrected chi connectivity index (χ2v) is 4.96. The molecule has 0 bridgehead atoms. The molecule has 0 aromatic heterocycles. The molecule has 2 N–H and O–H groups in total. The van der Waals surface area contributed by atoms with Gasteiger partial charge >= 0.3 is 0 Å². The number of para-hydroxylation sites is 1. The van der Waals surface area contributed by atoms with Crippen LogP contribution in [0.5, 0.6) is 11.5 Å². The Balaban J connectivity index is 2.03. The van der Waals surface area contributed by atoms with Crippen LogP contribution in [0.25, 0.3) is 0 Å². The number of hydrogen-bond acceptors (Lipinski definition) is 4. The Morgan fingerprint density at radius 2 is 1.50 bits per heavy atom. The summed E-state index contributed by atoms with van der Waals surface area (Å²) >= 11 is 4.05. The van der Waals surface area contributed by atoms with Crippen LogP contribution in [0.2, 0.25) is 0 Å². The van der Waals surface area contributed by atoms with E-state index in [-0.39, 0.29) is 0 Å². The zero-order chi connectivity index (χ0) is 14.4. The van der Waals surface area contributed by atoms with Crippen LogP contribution in [0.15, 0.2) is 54.6 Å². The van der Waals surface area contributed by atoms with Crippen LogP contribution >= 0.6 is 12.6 Å². The fourth-order valence-corrected chi connectivity index (χ4v) is 2.13. The molecule has 0 fully saturated rings. The van der Waals surface area contributed by atoms with Crippen LogP contribution in [-0.4, -0.2) is 22.1 Å². The van der Waals surface area contributed by atoms with Crippen molar-refractivity contribution in [1.29, 1.82) is 0 Å². The monoisotopic (exact) mass is 290 g/mol. The molecule has 0 radical (unpaired) electrons. The summed E-state index contributed by atoms with van der Waals surface area (Å²) < 4.78 is 5.66. The van der Waals surface area contributed by atoms with E-state index in [1.165, 1.54) is 0 Å². The quantitative estimate of drug-likeness (QED) is 0.716. The summed E-state index contributed by atoms with van der Waals surface area (Å²) in [5, 5.41) is 19.7. The predicted molar refractivity (Wildman–Crippen MR) is 82.4 cm³/mol. The van der Waals surface area contributed by atoms with Crippen molar-refractivity contribution in [2.75, 3.05) is 5.75 Å². The minimum absolute atomic E-state index is 0.451. The number of rotatable bonds is 6. The number of aliphatic hydroxyl groups is 2. The molecule has 2 aromatic carbocycles. The Hall–Kier alpha value is -1.49. The van der Waals surface area contributed by atoms with E-state index in [9.17, 15) is 10.2 Å². The van der Waals surface area contributed by atoms with Crippen LogP contribution in [0.4, 0.5) is 0 Å². The minimum atomic E-state index is -0.895. The van der Waals surface area contributed by atoms with Crippen molar-refractivity contribution in [3.05, 3.63) is 60.2 Å². The molecule has 0 aliphatic rings. The molecular formula is C16H18O3S. The highest BCUT2D eigenvalue weighted by Crippen LogP contribution is 2.25. The fourth-order valence-electron chi connectivity index (χ4n) is 1.87. The maximum Gasteiger partial charge on any atom is 0.127 e. The van der Waals surface area contributed by atoms with Gasteiger partial charge in [0.25, 0.3) is 0 Å². The SMILES string of the molecule is OC(CCS)C(O)c1ccc(Oc2ccccc2)cc1. The van der Waals surface area contributed by atoms with E-state index in [2.05, 4.69) is 12.6 Å². The maximum absolute atomic E-state index is 9.98. The van der Waals surface area contributed by atoms with Gasteiger partial charge in [-0.15, -0.1) is 0 Å². The van der Waals surface area contributed by atoms with E-state index < -0.39 is 12.2 Å². The summed E-state index contributed by atoms with van der Waals surface area (Å²) in [7, 11) is 0. The van der Waals surface area contributed by atoms with Gasteiger partial charge in [-0.2, -0.15) is 12.6 Å². The smallest absolute Gasteiger partial charge is 0.127 e. The van der Waals surface area contributed by atoms with Crippen molar-refractivity contribution in [3.8, 4) is 11.5 Å². The Bertz CT molecular complexity index is 513. The topological polar surface area (TPSA) is 49.7 Å². The highest BCUT2D eigenvalue weighted by Gasteiger charge is 2.17. The molecule has 4 heteroatoms. The average Bonchev–Trinajstić information content (AvgIpc) is 2.48. The van der Waals surface area contributed by atoms with Crippen molar-refractivity contribution in [1.82, 2.24) is 0 Å². The van der Waals surface area contributed by atoms with Gasteiger partial charge in [-0.3, -0.25) is 0 Å². The fraction of sp³-hybridized carbons (Fsp3) is 0.250. The van der Waals surface area contributed by atoms with Crippen LogP contribution in [0, 0.1) is 0 Å². The molecule has 20 heavy (non-hydrogen) atoms. The van der Waals surface area contributed by atoms with Gasteiger partial charge in [-0.1, -0.05) is 30.3 Å². The average molecular weight is 290 g/mol. The maximum atomic E-state index is 9.98. The molecule has 2 rings (SSSR count). The molecule has 0 saturated carbocycles. The molecule has 0 aliphatic heterocycles. The van der Waals surface area contributed by atoms with Crippen molar-refractivity contribution in [2.24, 2.45) is 0 Å². The summed E-state index contributed by atoms with van der Waals surface area (Å²) in [6.07, 6.45) is -1.24. The van der Waals surface area contributed by atoms with Crippen molar-refractivity contribution in [3.63, 3.8) is 0 Å². The third-order valence-corrected chi connectivity index (χ3v) is 3.25. The van der Waals surface area contributed by atoms with E-state index in [0.717, 1.165) is 5.75 Å². The second kappa shape index (κ2) is 7.33. The zero-order valence-electron chi connectivity index (χ0n) is 11.0. The van der Waals surface area contributed by atoms with Crippen molar-refractivity contribution < 1.29 is 14.9 Å². The first-order chi connectivity index (χ1) is 9.70. The zero-order valence-corrected chi connectivity index (χ0v) is 11.9. The summed E-state index contributed by atoms with van der Waals surface area (Å²) in [5.74, 6) is 1.99. The summed E-state index contributed by atoms with van der Waals surface area (Å²) in [6.45, 7) is 0. The van der Waals surface area contributed by atoms with Gasteiger partial charge in [0.05, 0.1) is 6.10 Å². The number of hydrogen-bond donors (Lipinski definition) is 3. The van der Waals surface area contributed by atoms with Crippen LogP contribution in [0.3, 0.4) is 0 Å². The Labute approximate surface area is 124 Å². The number of thiol groups is 1. The standard InChI is InChI=1S/C16H18O3S/c17-15(10-11-20)16(18)12-6-8-14(9-7-12)19-13-4-2-1-3-5-13/h1-9,15-18,20H,10-11H2. The molecule has 0 heterocycles. The molecule has 3 nitrogen and oxygen atoms in total. The van der Waals surface area contributed by atoms with Gasteiger partial charge in [0.2, 0.25) is 0 Å². The van der Waals surface area contributed by atoms with Gasteiger partial charge in [0, 0.05) is 0 Å². The van der Waals surface area contributed by atoms with E-state index in [1.54, 1.807) is 24.3 Å². The molecule has 0 aliphatic carbocycles. The van der Waals surface area contributed by atoms with Crippen LogP contribution < -0.4 is 4.74 Å². The van der Waals surface area contributed by atoms with Crippen molar-refractivity contribution >= 4 is 12.6 Å². The highest BCUT2D eigenvalue weighted by molar-refractivity contribution is 7.80. The predicted octanol–water partition coefficient (Wildman–Crippen LogP) is 3.19. The highest BCUT2D eigenvalue weighted by atomic mass is 32.1. The van der Waals surface area contributed by atoms with E-state index in [4.69, 9.17) is 4.74 Å². The molecular weight excluding hydrogens is 272 g/mol. The largest absolute Gasteiger partial charge is 0.457 e. The van der Waals surface area contributed by atoms with E-state index >= 15 is 0 Å². The lowest BCUT2D eigenvalue weighted by Gasteiger charge is -2.17. The third kappa shape index (κ3) is 4.00. The molecule has 2 unspecified atom stereocenters. The molecule has 106 valence electrons. The van der Waals surface area contributed by atoms with Gasteiger partial charge < -0.3 is 14.9 Å². The Morgan fingerprint density at radius 3 is 2.10 bits per heavy atom. The molecule has 0 saturated heterocycles. The number of ether oxygens (including phenoxy) is 1. The van der Waals surface area contributed by atoms with Gasteiger partial charge in [0.15, 0.2) is 0 Å². The van der Waals surface area contributed by atoms with Gasteiger partial charge in [-0.05, 0) is 42.0 Å². The molecule has 2 aromatic rings.